The third-order valence-corrected chi connectivity index (χ3v) is 4.44. The summed E-state index contributed by atoms with van der Waals surface area (Å²) in [6.07, 6.45) is -3.36. The molecule has 2 rings (SSSR count). The van der Waals surface area contributed by atoms with Crippen molar-refractivity contribution in [2.45, 2.75) is 19.1 Å². The number of piperazine rings is 1. The van der Waals surface area contributed by atoms with Crippen molar-refractivity contribution in [3.05, 3.63) is 35.0 Å². The van der Waals surface area contributed by atoms with Crippen LogP contribution in [0, 0.1) is 0 Å². The number of hydrogen-bond acceptors (Lipinski definition) is 4. The van der Waals surface area contributed by atoms with Crippen LogP contribution >= 0.6 is 11.8 Å². The number of rotatable bonds is 2. The van der Waals surface area contributed by atoms with Crippen molar-refractivity contribution in [3.8, 4) is 0 Å². The van der Waals surface area contributed by atoms with Gasteiger partial charge in [0.1, 0.15) is 5.83 Å². The second-order valence-corrected chi connectivity index (χ2v) is 6.12. The monoisotopic (exact) mass is 335 g/mol. The lowest BCUT2D eigenvalue weighted by Gasteiger charge is -2.34. The molecule has 1 atom stereocenters. The Bertz CT molecular complexity index is 537. The first-order valence-corrected chi connectivity index (χ1v) is 7.64. The van der Waals surface area contributed by atoms with Crippen LogP contribution in [-0.4, -0.2) is 48.5 Å². The highest BCUT2D eigenvalue weighted by atomic mass is 32.2. The zero-order chi connectivity index (χ0) is 16.3. The summed E-state index contributed by atoms with van der Waals surface area (Å²) in [5.74, 6) is -1.37. The van der Waals surface area contributed by atoms with Gasteiger partial charge in [0.2, 0.25) is 0 Å². The zero-order valence-electron chi connectivity index (χ0n) is 12.1. The van der Waals surface area contributed by atoms with Gasteiger partial charge in [-0.1, -0.05) is 18.3 Å². The number of amidine groups is 1. The lowest BCUT2D eigenvalue weighted by atomic mass is 10.2. The summed E-state index contributed by atoms with van der Waals surface area (Å²) < 4.78 is 52.0. The molecule has 0 bridgehead atoms. The quantitative estimate of drug-likeness (QED) is 0.620. The van der Waals surface area contributed by atoms with Gasteiger partial charge in [0, 0.05) is 30.6 Å². The highest BCUT2D eigenvalue weighted by Crippen LogP contribution is 2.35. The van der Waals surface area contributed by atoms with Gasteiger partial charge in [-0.3, -0.25) is 4.99 Å². The minimum absolute atomic E-state index is 0.140. The Hall–Kier alpha value is -1.28. The Balaban J connectivity index is 2.15. The standard InChI is InChI=1S/C14H17F4N3S/c1-3-12(15)11(14(16,17)18)6-10-8-20-13(22-10)21-5-4-19-7-9(21)2/h3,6,9,19H,1,4-5,7-8H2,2H3/b10-6+,12-11-/t9-/m1/s1. The second-order valence-electron chi connectivity index (χ2n) is 5.02. The minimum atomic E-state index is -4.75. The van der Waals surface area contributed by atoms with Crippen molar-refractivity contribution in [1.29, 1.82) is 0 Å². The number of halogens is 4. The summed E-state index contributed by atoms with van der Waals surface area (Å²) in [4.78, 5) is 6.72. The van der Waals surface area contributed by atoms with E-state index in [1.807, 2.05) is 6.92 Å². The first-order valence-electron chi connectivity index (χ1n) is 6.82. The van der Waals surface area contributed by atoms with E-state index in [0.29, 0.717) is 16.1 Å². The van der Waals surface area contributed by atoms with Crippen molar-refractivity contribution < 1.29 is 17.6 Å². The van der Waals surface area contributed by atoms with Crippen LogP contribution in [0.15, 0.2) is 40.0 Å². The first-order chi connectivity index (χ1) is 10.3. The summed E-state index contributed by atoms with van der Waals surface area (Å²) in [5.41, 5.74) is -1.31. The minimum Gasteiger partial charge on any atom is -0.346 e. The second kappa shape index (κ2) is 6.87. The maximum atomic E-state index is 13.4. The van der Waals surface area contributed by atoms with E-state index < -0.39 is 17.6 Å². The highest BCUT2D eigenvalue weighted by Gasteiger charge is 2.36. The molecule has 0 aromatic heterocycles. The summed E-state index contributed by atoms with van der Waals surface area (Å²) in [6, 6.07) is 0.224. The van der Waals surface area contributed by atoms with Gasteiger partial charge in [0.25, 0.3) is 0 Å². The molecule has 1 N–H and O–H groups in total. The van der Waals surface area contributed by atoms with E-state index in [1.165, 1.54) is 11.8 Å². The van der Waals surface area contributed by atoms with Gasteiger partial charge >= 0.3 is 6.18 Å². The van der Waals surface area contributed by atoms with Crippen molar-refractivity contribution >= 4 is 16.9 Å². The van der Waals surface area contributed by atoms with Gasteiger partial charge in [-0.05, 0) is 19.1 Å². The number of alkyl halides is 3. The van der Waals surface area contributed by atoms with Gasteiger partial charge in [-0.25, -0.2) is 4.39 Å². The van der Waals surface area contributed by atoms with Crippen molar-refractivity contribution in [1.82, 2.24) is 10.2 Å². The fourth-order valence-electron chi connectivity index (χ4n) is 2.23. The molecule has 2 heterocycles. The Morgan fingerprint density at radius 3 is 2.82 bits per heavy atom. The van der Waals surface area contributed by atoms with E-state index in [4.69, 9.17) is 0 Å². The van der Waals surface area contributed by atoms with E-state index in [1.54, 1.807) is 0 Å². The average molecular weight is 335 g/mol. The summed E-state index contributed by atoms with van der Waals surface area (Å²) in [7, 11) is 0. The van der Waals surface area contributed by atoms with E-state index in [9.17, 15) is 17.6 Å². The van der Waals surface area contributed by atoms with Gasteiger partial charge < -0.3 is 10.2 Å². The van der Waals surface area contributed by atoms with Crippen molar-refractivity contribution in [2.75, 3.05) is 26.2 Å². The van der Waals surface area contributed by atoms with Crippen LogP contribution in [-0.2, 0) is 0 Å². The molecule has 3 nitrogen and oxygen atoms in total. The number of thioether (sulfide) groups is 1. The maximum absolute atomic E-state index is 13.4. The van der Waals surface area contributed by atoms with E-state index in [-0.39, 0.29) is 12.6 Å². The molecule has 0 aliphatic carbocycles. The van der Waals surface area contributed by atoms with Crippen LogP contribution in [0.25, 0.3) is 0 Å². The Morgan fingerprint density at radius 2 is 2.23 bits per heavy atom. The molecule has 0 unspecified atom stereocenters. The number of allylic oxidation sites excluding steroid dienone is 4. The number of nitrogens with one attached hydrogen (secondary N) is 1. The molecule has 2 aliphatic rings. The van der Waals surface area contributed by atoms with Gasteiger partial charge in [0.15, 0.2) is 5.17 Å². The fourth-order valence-corrected chi connectivity index (χ4v) is 3.29. The van der Waals surface area contributed by atoms with Crippen LogP contribution in [0.5, 0.6) is 0 Å². The van der Waals surface area contributed by atoms with Crippen LogP contribution < -0.4 is 5.32 Å². The molecule has 0 radical (unpaired) electrons. The zero-order valence-corrected chi connectivity index (χ0v) is 12.9. The van der Waals surface area contributed by atoms with Gasteiger partial charge in [0.05, 0.1) is 12.1 Å². The molecule has 8 heteroatoms. The predicted molar refractivity (Wildman–Crippen MR) is 81.4 cm³/mol. The molecule has 0 aromatic carbocycles. The number of hydrogen-bond donors (Lipinski definition) is 1. The Morgan fingerprint density at radius 1 is 1.50 bits per heavy atom. The maximum Gasteiger partial charge on any atom is 0.419 e. The lowest BCUT2D eigenvalue weighted by molar-refractivity contribution is -0.0897. The highest BCUT2D eigenvalue weighted by molar-refractivity contribution is 8.17. The molecule has 22 heavy (non-hydrogen) atoms. The van der Waals surface area contributed by atoms with Crippen LogP contribution in [0.2, 0.25) is 0 Å². The summed E-state index contributed by atoms with van der Waals surface area (Å²) >= 11 is 1.17. The van der Waals surface area contributed by atoms with E-state index >= 15 is 0 Å². The SMILES string of the molecule is C=C/C(F)=C(\C=C1/CN=C(N2CCNC[C@H]2C)S1)C(F)(F)F. The largest absolute Gasteiger partial charge is 0.419 e. The van der Waals surface area contributed by atoms with Crippen LogP contribution in [0.4, 0.5) is 17.6 Å². The smallest absolute Gasteiger partial charge is 0.346 e. The Kier molecular flexibility index (Phi) is 5.33. The topological polar surface area (TPSA) is 27.6 Å². The lowest BCUT2D eigenvalue weighted by Crippen LogP contribution is -2.51. The van der Waals surface area contributed by atoms with Gasteiger partial charge in [-0.2, -0.15) is 13.2 Å². The molecule has 1 saturated heterocycles. The van der Waals surface area contributed by atoms with Crippen LogP contribution in [0.1, 0.15) is 6.92 Å². The molecule has 0 amide bonds. The molecule has 0 aromatic rings. The molecule has 0 saturated carbocycles. The van der Waals surface area contributed by atoms with E-state index in [2.05, 4.69) is 21.8 Å². The molecule has 122 valence electrons. The summed E-state index contributed by atoms with van der Waals surface area (Å²) in [5, 5.41) is 3.93. The van der Waals surface area contributed by atoms with Crippen molar-refractivity contribution in [3.63, 3.8) is 0 Å². The van der Waals surface area contributed by atoms with E-state index in [0.717, 1.165) is 25.7 Å². The molecular formula is C14H17F4N3S. The number of nitrogens with zero attached hydrogens (tertiary/aromatic N) is 2. The van der Waals surface area contributed by atoms with Crippen molar-refractivity contribution in [2.24, 2.45) is 4.99 Å². The predicted octanol–water partition coefficient (Wildman–Crippen LogP) is 3.24. The Labute approximate surface area is 130 Å². The third-order valence-electron chi connectivity index (χ3n) is 3.39. The molecular weight excluding hydrogens is 318 g/mol. The molecule has 0 spiro atoms. The molecule has 1 fully saturated rings. The van der Waals surface area contributed by atoms with Gasteiger partial charge in [-0.15, -0.1) is 0 Å². The third kappa shape index (κ3) is 3.92. The summed E-state index contributed by atoms with van der Waals surface area (Å²) in [6.45, 7) is 7.58. The van der Waals surface area contributed by atoms with Crippen LogP contribution in [0.3, 0.4) is 0 Å². The molecule has 2 aliphatic heterocycles. The fraction of sp³-hybridized carbons (Fsp3) is 0.500. The first kappa shape index (κ1) is 17.1. The normalized spacial score (nSPS) is 26.0. The number of aliphatic imine (C=N–C) groups is 1. The average Bonchev–Trinajstić information content (AvgIpc) is 2.92.